The number of methoxy groups -OCH3 is 1. The molecule has 7 heteroatoms. The first-order chi connectivity index (χ1) is 13.0. The van der Waals surface area contributed by atoms with Gasteiger partial charge in [0, 0.05) is 12.1 Å². The highest BCUT2D eigenvalue weighted by Gasteiger charge is 2.45. The van der Waals surface area contributed by atoms with Crippen LogP contribution >= 0.6 is 0 Å². The number of anilines is 1. The largest absolute Gasteiger partial charge is 0.497 e. The maximum absolute atomic E-state index is 13.6. The van der Waals surface area contributed by atoms with Crippen molar-refractivity contribution < 1.29 is 9.53 Å². The van der Waals surface area contributed by atoms with E-state index in [0.29, 0.717) is 30.8 Å². The summed E-state index contributed by atoms with van der Waals surface area (Å²) in [5.74, 6) is 1.00. The summed E-state index contributed by atoms with van der Waals surface area (Å²) in [4.78, 5) is 34.3. The molecule has 0 atom stereocenters. The van der Waals surface area contributed by atoms with E-state index in [9.17, 15) is 9.59 Å². The highest BCUT2D eigenvalue weighted by atomic mass is 16.5. The molecule has 0 unspecified atom stereocenters. The fourth-order valence-electron chi connectivity index (χ4n) is 4.45. The molecule has 1 aliphatic heterocycles. The third kappa shape index (κ3) is 2.97. The number of aromatic nitrogens is 2. The first kappa shape index (κ1) is 17.6. The van der Waals surface area contributed by atoms with Crippen LogP contribution in [0.3, 0.4) is 0 Å². The molecule has 0 radical (unpaired) electrons. The van der Waals surface area contributed by atoms with E-state index < -0.39 is 5.41 Å². The third-order valence-corrected chi connectivity index (χ3v) is 5.89. The van der Waals surface area contributed by atoms with E-state index in [4.69, 9.17) is 10.5 Å². The predicted octanol–water partition coefficient (Wildman–Crippen LogP) is 1.76. The molecule has 2 aliphatic rings. The normalized spacial score (nSPS) is 18.2. The van der Waals surface area contributed by atoms with Gasteiger partial charge in [-0.1, -0.05) is 25.0 Å². The molecule has 0 bridgehead atoms. The van der Waals surface area contributed by atoms with Gasteiger partial charge in [-0.15, -0.1) is 0 Å². The van der Waals surface area contributed by atoms with Crippen molar-refractivity contribution in [3.8, 4) is 5.75 Å². The van der Waals surface area contributed by atoms with Crippen LogP contribution in [0.2, 0.25) is 0 Å². The fourth-order valence-corrected chi connectivity index (χ4v) is 4.45. The van der Waals surface area contributed by atoms with Crippen molar-refractivity contribution in [1.29, 1.82) is 0 Å². The quantitative estimate of drug-likeness (QED) is 0.860. The van der Waals surface area contributed by atoms with E-state index in [1.54, 1.807) is 7.11 Å². The van der Waals surface area contributed by atoms with E-state index in [0.717, 1.165) is 37.0 Å². The highest BCUT2D eigenvalue weighted by Crippen LogP contribution is 2.43. The molecule has 3 N–H and O–H groups in total. The van der Waals surface area contributed by atoms with E-state index in [1.165, 1.54) is 0 Å². The summed E-state index contributed by atoms with van der Waals surface area (Å²) in [5, 5.41) is 0. The van der Waals surface area contributed by atoms with Crippen LogP contribution < -0.4 is 16.0 Å². The van der Waals surface area contributed by atoms with Crippen LogP contribution in [0, 0.1) is 0 Å². The van der Waals surface area contributed by atoms with E-state index >= 15 is 0 Å². The number of ether oxygens (including phenoxy) is 1. The molecule has 0 spiro atoms. The lowest BCUT2D eigenvalue weighted by molar-refractivity contribution is -0.138. The maximum Gasteiger partial charge on any atom is 0.255 e. The van der Waals surface area contributed by atoms with Crippen LogP contribution in [0.15, 0.2) is 29.1 Å². The lowest BCUT2D eigenvalue weighted by Crippen LogP contribution is -2.48. The Hall–Kier alpha value is -2.83. The number of rotatable bonds is 3. The predicted molar refractivity (Wildman–Crippen MR) is 102 cm³/mol. The first-order valence-corrected chi connectivity index (χ1v) is 9.35. The Balaban J connectivity index is 1.66. The van der Waals surface area contributed by atoms with Gasteiger partial charge in [-0.25, -0.2) is 4.98 Å². The van der Waals surface area contributed by atoms with Gasteiger partial charge in [-0.05, 0) is 37.0 Å². The van der Waals surface area contributed by atoms with Gasteiger partial charge in [0.1, 0.15) is 5.75 Å². The Morgan fingerprint density at radius 2 is 1.96 bits per heavy atom. The molecular formula is C20H24N4O3. The SMILES string of the molecule is COc1ccc(C2(C(=O)N3CCc4c(nc(N)[nH]c4=O)C3)CCCC2)cc1. The van der Waals surface area contributed by atoms with Crippen LogP contribution in [0.4, 0.5) is 5.95 Å². The topological polar surface area (TPSA) is 101 Å². The number of nitrogens with one attached hydrogen (secondary N) is 1. The Morgan fingerprint density at radius 3 is 2.63 bits per heavy atom. The van der Waals surface area contributed by atoms with Crippen molar-refractivity contribution >= 4 is 11.9 Å². The van der Waals surface area contributed by atoms with Crippen LogP contribution in [-0.4, -0.2) is 34.4 Å². The van der Waals surface area contributed by atoms with Crippen molar-refractivity contribution in [1.82, 2.24) is 14.9 Å². The monoisotopic (exact) mass is 368 g/mol. The molecule has 1 aromatic heterocycles. The summed E-state index contributed by atoms with van der Waals surface area (Å²) < 4.78 is 5.26. The number of aromatic amines is 1. The molecule has 1 saturated carbocycles. The number of nitrogen functional groups attached to an aromatic ring is 1. The zero-order valence-electron chi connectivity index (χ0n) is 15.5. The summed E-state index contributed by atoms with van der Waals surface area (Å²) in [6.07, 6.45) is 4.25. The van der Waals surface area contributed by atoms with Crippen LogP contribution in [0.5, 0.6) is 5.75 Å². The second-order valence-electron chi connectivity index (χ2n) is 7.37. The maximum atomic E-state index is 13.6. The van der Waals surface area contributed by atoms with Crippen LogP contribution in [-0.2, 0) is 23.2 Å². The van der Waals surface area contributed by atoms with Crippen molar-refractivity contribution in [2.75, 3.05) is 19.4 Å². The molecule has 7 nitrogen and oxygen atoms in total. The Bertz CT molecular complexity index is 914. The number of benzene rings is 1. The molecule has 1 aromatic carbocycles. The number of nitrogens with zero attached hydrogens (tertiary/aromatic N) is 2. The molecule has 0 saturated heterocycles. The van der Waals surface area contributed by atoms with Gasteiger partial charge in [0.25, 0.3) is 5.56 Å². The summed E-state index contributed by atoms with van der Waals surface area (Å²) in [6.45, 7) is 0.860. The zero-order valence-corrected chi connectivity index (χ0v) is 15.5. The minimum absolute atomic E-state index is 0.0961. The summed E-state index contributed by atoms with van der Waals surface area (Å²) in [6, 6.07) is 7.83. The van der Waals surface area contributed by atoms with Gasteiger partial charge in [-0.3, -0.25) is 14.6 Å². The Kier molecular flexibility index (Phi) is 4.37. The number of hydrogen-bond donors (Lipinski definition) is 2. The minimum atomic E-state index is -0.503. The number of hydrogen-bond acceptors (Lipinski definition) is 5. The average molecular weight is 368 g/mol. The molecule has 1 aliphatic carbocycles. The molecular weight excluding hydrogens is 344 g/mol. The molecule has 2 heterocycles. The molecule has 1 fully saturated rings. The van der Waals surface area contributed by atoms with Gasteiger partial charge < -0.3 is 15.4 Å². The second kappa shape index (κ2) is 6.72. The zero-order chi connectivity index (χ0) is 19.0. The van der Waals surface area contributed by atoms with E-state index in [1.807, 2.05) is 29.2 Å². The lowest BCUT2D eigenvalue weighted by Gasteiger charge is -2.37. The smallest absolute Gasteiger partial charge is 0.255 e. The Morgan fingerprint density at radius 1 is 1.26 bits per heavy atom. The highest BCUT2D eigenvalue weighted by molar-refractivity contribution is 5.89. The third-order valence-electron chi connectivity index (χ3n) is 5.89. The van der Waals surface area contributed by atoms with Crippen molar-refractivity contribution in [3.63, 3.8) is 0 Å². The number of fused-ring (bicyclic) bond motifs is 1. The first-order valence-electron chi connectivity index (χ1n) is 9.35. The molecule has 27 heavy (non-hydrogen) atoms. The standard InChI is InChI=1S/C20H24N4O3/c1-27-14-6-4-13(5-7-14)20(9-2-3-10-20)18(26)24-11-8-15-16(12-24)22-19(21)23-17(15)25/h4-7H,2-3,8-12H2,1H3,(H3,21,22,23,25). The molecule has 4 rings (SSSR count). The Labute approximate surface area is 157 Å². The van der Waals surface area contributed by atoms with Crippen LogP contribution in [0.1, 0.15) is 42.5 Å². The molecule has 1 amide bonds. The summed E-state index contributed by atoms with van der Waals surface area (Å²) >= 11 is 0. The van der Waals surface area contributed by atoms with Gasteiger partial charge >= 0.3 is 0 Å². The second-order valence-corrected chi connectivity index (χ2v) is 7.37. The molecule has 2 aromatic rings. The average Bonchev–Trinajstić information content (AvgIpc) is 3.18. The van der Waals surface area contributed by atoms with Crippen LogP contribution in [0.25, 0.3) is 0 Å². The fraction of sp³-hybridized carbons (Fsp3) is 0.450. The number of nitrogens with two attached hydrogens (primary N) is 1. The van der Waals surface area contributed by atoms with Gasteiger partial charge in [-0.2, -0.15) is 0 Å². The number of amides is 1. The van der Waals surface area contributed by atoms with Crippen molar-refractivity contribution in [3.05, 3.63) is 51.4 Å². The number of carbonyl (C=O) groups excluding carboxylic acids is 1. The summed E-state index contributed by atoms with van der Waals surface area (Å²) in [7, 11) is 1.64. The lowest BCUT2D eigenvalue weighted by atomic mass is 9.77. The van der Waals surface area contributed by atoms with E-state index in [-0.39, 0.29) is 17.4 Å². The summed E-state index contributed by atoms with van der Waals surface area (Å²) in [5.41, 5.74) is 7.27. The van der Waals surface area contributed by atoms with E-state index in [2.05, 4.69) is 9.97 Å². The molecule has 142 valence electrons. The van der Waals surface area contributed by atoms with Gasteiger partial charge in [0.15, 0.2) is 0 Å². The van der Waals surface area contributed by atoms with Crippen molar-refractivity contribution in [2.45, 2.75) is 44.1 Å². The van der Waals surface area contributed by atoms with Gasteiger partial charge in [0.2, 0.25) is 11.9 Å². The number of carbonyl (C=O) groups is 1. The minimum Gasteiger partial charge on any atom is -0.497 e. The van der Waals surface area contributed by atoms with Gasteiger partial charge in [0.05, 0.1) is 24.8 Å². The van der Waals surface area contributed by atoms with Crippen molar-refractivity contribution in [2.24, 2.45) is 0 Å². The number of H-pyrrole nitrogens is 1.